The minimum Gasteiger partial charge on any atom is -0.465 e. The van der Waals surface area contributed by atoms with E-state index in [0.717, 1.165) is 17.0 Å². The number of aliphatic imine (C=N–C) groups is 1. The van der Waals surface area contributed by atoms with Gasteiger partial charge in [0.05, 0.1) is 11.9 Å². The highest BCUT2D eigenvalue weighted by Gasteiger charge is 2.08. The molecule has 3 aromatic rings. The molecule has 0 aliphatic heterocycles. The van der Waals surface area contributed by atoms with Crippen LogP contribution in [-0.4, -0.2) is 5.90 Å². The van der Waals surface area contributed by atoms with Crippen molar-refractivity contribution in [1.82, 2.24) is 0 Å². The summed E-state index contributed by atoms with van der Waals surface area (Å²) in [7, 11) is 0. The molecule has 0 heterocycles. The zero-order valence-electron chi connectivity index (χ0n) is 16.1. The predicted octanol–water partition coefficient (Wildman–Crippen LogP) is 7.05. The third-order valence-electron chi connectivity index (χ3n) is 4.01. The largest absolute Gasteiger partial charge is 0.465 e. The van der Waals surface area contributed by atoms with Gasteiger partial charge in [-0.2, -0.15) is 0 Å². The highest BCUT2D eigenvalue weighted by molar-refractivity contribution is 6.30. The second-order valence-electron chi connectivity index (χ2n) is 6.54. The van der Waals surface area contributed by atoms with Gasteiger partial charge in [0.25, 0.3) is 0 Å². The maximum Gasteiger partial charge on any atom is 0.225 e. The minimum absolute atomic E-state index is 0.443. The average Bonchev–Trinajstić information content (AvgIpc) is 2.68. The monoisotopic (exact) mass is 391 g/mol. The fourth-order valence-corrected chi connectivity index (χ4v) is 2.57. The van der Waals surface area contributed by atoms with E-state index in [2.05, 4.69) is 4.99 Å². The van der Waals surface area contributed by atoms with E-state index < -0.39 is 0 Å². The smallest absolute Gasteiger partial charge is 0.225 e. The van der Waals surface area contributed by atoms with Crippen LogP contribution in [-0.2, 0) is 0 Å². The van der Waals surface area contributed by atoms with Gasteiger partial charge in [-0.15, -0.1) is 0 Å². The first-order valence-electron chi connectivity index (χ1n) is 8.99. The van der Waals surface area contributed by atoms with Gasteiger partial charge in [-0.25, -0.2) is 4.99 Å². The first kappa shape index (κ1) is 19.7. The number of benzene rings is 3. The lowest BCUT2D eigenvalue weighted by molar-refractivity contribution is 0.473. The molecule has 0 saturated heterocycles. The van der Waals surface area contributed by atoms with Gasteiger partial charge in [-0.3, -0.25) is 0 Å². The summed E-state index contributed by atoms with van der Waals surface area (Å²) in [6.45, 7) is 5.97. The van der Waals surface area contributed by atoms with E-state index in [-0.39, 0.29) is 0 Å². The summed E-state index contributed by atoms with van der Waals surface area (Å²) >= 11 is 6.08. The number of hydrogen-bond acceptors (Lipinski definition) is 3. The van der Waals surface area contributed by atoms with Gasteiger partial charge in [0, 0.05) is 10.6 Å². The van der Waals surface area contributed by atoms with Crippen molar-refractivity contribution in [2.45, 2.75) is 20.8 Å². The van der Waals surface area contributed by atoms with Crippen LogP contribution in [0.15, 0.2) is 89.6 Å². The molecule has 0 saturated carbocycles. The SMILES string of the molecule is CC(=C\Oc1ccc(C)cc1)/C(=N/c1ccc(C)cc1)Oc1cccc(Cl)c1. The maximum atomic E-state index is 6.08. The maximum absolute atomic E-state index is 6.08. The van der Waals surface area contributed by atoms with E-state index in [4.69, 9.17) is 21.1 Å². The van der Waals surface area contributed by atoms with Crippen LogP contribution in [0.4, 0.5) is 5.69 Å². The molecule has 142 valence electrons. The zero-order chi connectivity index (χ0) is 19.9. The Kier molecular flexibility index (Phi) is 6.51. The molecule has 0 bridgehead atoms. The van der Waals surface area contributed by atoms with Gasteiger partial charge < -0.3 is 9.47 Å². The molecule has 3 rings (SSSR count). The fourth-order valence-electron chi connectivity index (χ4n) is 2.39. The van der Waals surface area contributed by atoms with Crippen molar-refractivity contribution < 1.29 is 9.47 Å². The summed E-state index contributed by atoms with van der Waals surface area (Å²) < 4.78 is 11.8. The lowest BCUT2D eigenvalue weighted by Gasteiger charge is -2.11. The van der Waals surface area contributed by atoms with Gasteiger partial charge in [0.1, 0.15) is 11.5 Å². The molecule has 0 fully saturated rings. The van der Waals surface area contributed by atoms with E-state index in [1.807, 2.05) is 81.4 Å². The highest BCUT2D eigenvalue weighted by atomic mass is 35.5. The number of halogens is 1. The zero-order valence-corrected chi connectivity index (χ0v) is 16.9. The Balaban J connectivity index is 1.88. The Morgan fingerprint density at radius 2 is 1.50 bits per heavy atom. The van der Waals surface area contributed by atoms with Crippen molar-refractivity contribution in [3.63, 3.8) is 0 Å². The lowest BCUT2D eigenvalue weighted by Crippen LogP contribution is -2.11. The van der Waals surface area contributed by atoms with Gasteiger partial charge in [0.15, 0.2) is 0 Å². The molecule has 4 heteroatoms. The van der Waals surface area contributed by atoms with Crippen molar-refractivity contribution in [3.05, 3.63) is 101 Å². The minimum atomic E-state index is 0.443. The van der Waals surface area contributed by atoms with E-state index in [0.29, 0.717) is 16.7 Å². The molecule has 3 aromatic carbocycles. The summed E-state index contributed by atoms with van der Waals surface area (Å²) in [6, 6.07) is 23.0. The lowest BCUT2D eigenvalue weighted by atomic mass is 10.2. The van der Waals surface area contributed by atoms with E-state index in [9.17, 15) is 0 Å². The second kappa shape index (κ2) is 9.25. The fraction of sp³-hybridized carbons (Fsp3) is 0.125. The predicted molar refractivity (Wildman–Crippen MR) is 116 cm³/mol. The molecule has 0 atom stereocenters. The summed E-state index contributed by atoms with van der Waals surface area (Å²) in [5.41, 5.74) is 3.90. The Bertz CT molecular complexity index is 990. The molecule has 0 N–H and O–H groups in total. The molecule has 0 radical (unpaired) electrons. The van der Waals surface area contributed by atoms with E-state index in [1.165, 1.54) is 11.1 Å². The number of rotatable bonds is 5. The Hall–Kier alpha value is -3.04. The molecule has 0 amide bonds. The Morgan fingerprint density at radius 1 is 0.857 bits per heavy atom. The molecule has 28 heavy (non-hydrogen) atoms. The van der Waals surface area contributed by atoms with Crippen molar-refractivity contribution in [2.24, 2.45) is 4.99 Å². The quantitative estimate of drug-likeness (QED) is 0.265. The van der Waals surface area contributed by atoms with Gasteiger partial charge in [-0.1, -0.05) is 53.1 Å². The van der Waals surface area contributed by atoms with Crippen LogP contribution in [0, 0.1) is 13.8 Å². The normalized spacial score (nSPS) is 12.0. The van der Waals surface area contributed by atoms with Crippen LogP contribution in [0.5, 0.6) is 11.5 Å². The Labute approximate surface area is 170 Å². The van der Waals surface area contributed by atoms with Crippen LogP contribution in [0.25, 0.3) is 0 Å². The van der Waals surface area contributed by atoms with Crippen molar-refractivity contribution in [2.75, 3.05) is 0 Å². The topological polar surface area (TPSA) is 30.8 Å². The first-order valence-corrected chi connectivity index (χ1v) is 9.37. The van der Waals surface area contributed by atoms with Crippen LogP contribution in [0.1, 0.15) is 18.1 Å². The third kappa shape index (κ3) is 5.73. The van der Waals surface area contributed by atoms with Crippen LogP contribution >= 0.6 is 11.6 Å². The standard InChI is InChI=1S/C24H22ClNO2/c1-17-7-11-21(12-8-17)26-24(28-23-6-4-5-20(25)15-23)19(3)16-27-22-13-9-18(2)10-14-22/h4-16H,1-3H3/b19-16+,26-24-. The third-order valence-corrected chi connectivity index (χ3v) is 4.24. The molecule has 0 aromatic heterocycles. The van der Waals surface area contributed by atoms with E-state index in [1.54, 1.807) is 18.4 Å². The molecular weight excluding hydrogens is 370 g/mol. The molecule has 0 unspecified atom stereocenters. The van der Waals surface area contributed by atoms with Crippen molar-refractivity contribution in [1.29, 1.82) is 0 Å². The van der Waals surface area contributed by atoms with Crippen LogP contribution in [0.3, 0.4) is 0 Å². The summed E-state index contributed by atoms with van der Waals surface area (Å²) in [4.78, 5) is 4.65. The summed E-state index contributed by atoms with van der Waals surface area (Å²) in [6.07, 6.45) is 1.64. The van der Waals surface area contributed by atoms with E-state index >= 15 is 0 Å². The Morgan fingerprint density at radius 3 is 2.14 bits per heavy atom. The number of hydrogen-bond donors (Lipinski definition) is 0. The summed E-state index contributed by atoms with van der Waals surface area (Å²) in [5, 5.41) is 0.602. The van der Waals surface area contributed by atoms with Gasteiger partial charge in [-0.05, 0) is 63.2 Å². The highest BCUT2D eigenvalue weighted by Crippen LogP contribution is 2.21. The average molecular weight is 392 g/mol. The molecule has 0 spiro atoms. The van der Waals surface area contributed by atoms with Crippen molar-refractivity contribution in [3.8, 4) is 11.5 Å². The number of aryl methyl sites for hydroxylation is 2. The van der Waals surface area contributed by atoms with Gasteiger partial charge >= 0.3 is 0 Å². The molecule has 3 nitrogen and oxygen atoms in total. The van der Waals surface area contributed by atoms with Crippen LogP contribution in [0.2, 0.25) is 5.02 Å². The summed E-state index contributed by atoms with van der Waals surface area (Å²) in [5.74, 6) is 1.81. The molecule has 0 aliphatic carbocycles. The van der Waals surface area contributed by atoms with Crippen LogP contribution < -0.4 is 9.47 Å². The number of ether oxygens (including phenoxy) is 2. The molecular formula is C24H22ClNO2. The van der Waals surface area contributed by atoms with Crippen molar-refractivity contribution >= 4 is 23.2 Å². The first-order chi connectivity index (χ1) is 13.5. The number of nitrogens with zero attached hydrogens (tertiary/aromatic N) is 1. The molecule has 0 aliphatic rings. The second-order valence-corrected chi connectivity index (χ2v) is 6.98. The van der Waals surface area contributed by atoms with Gasteiger partial charge in [0.2, 0.25) is 5.90 Å².